The van der Waals surface area contributed by atoms with Crippen molar-refractivity contribution in [2.45, 2.75) is 11.3 Å². The molecule has 112 valence electrons. The van der Waals surface area contributed by atoms with Gasteiger partial charge in [0.05, 0.1) is 25.5 Å². The summed E-state index contributed by atoms with van der Waals surface area (Å²) in [5, 5.41) is 10.8. The second kappa shape index (κ2) is 5.87. The van der Waals surface area contributed by atoms with Crippen LogP contribution in [0.2, 0.25) is 0 Å². The molecule has 0 saturated heterocycles. The summed E-state index contributed by atoms with van der Waals surface area (Å²) in [5.74, 6) is -0.511. The van der Waals surface area contributed by atoms with E-state index in [0.717, 1.165) is 4.80 Å². The average molecular weight is 311 g/mol. The predicted octanol–water partition coefficient (Wildman–Crippen LogP) is -0.274. The molecule has 0 fully saturated rings. The van der Waals surface area contributed by atoms with E-state index in [-0.39, 0.29) is 17.3 Å². The zero-order chi connectivity index (χ0) is 15.5. The van der Waals surface area contributed by atoms with E-state index in [0.29, 0.717) is 5.56 Å². The number of carbonyl (C=O) groups is 1. The molecule has 2 rings (SSSR count). The summed E-state index contributed by atoms with van der Waals surface area (Å²) in [6.07, 6.45) is 0.0793. The minimum Gasteiger partial charge on any atom is -0.469 e. The molecule has 10 heteroatoms. The number of ether oxygens (including phenoxy) is 1. The normalized spacial score (nSPS) is 11.1. The molecule has 0 aliphatic carbocycles. The van der Waals surface area contributed by atoms with Crippen molar-refractivity contribution in [3.05, 3.63) is 29.8 Å². The highest BCUT2D eigenvalue weighted by molar-refractivity contribution is 7.92. The predicted molar refractivity (Wildman–Crippen MR) is 71.8 cm³/mol. The number of carbonyl (C=O) groups excluding carboxylic acids is 1. The zero-order valence-corrected chi connectivity index (χ0v) is 12.2. The molecule has 0 radical (unpaired) electrons. The Morgan fingerprint density at radius 3 is 2.52 bits per heavy atom. The van der Waals surface area contributed by atoms with E-state index in [2.05, 4.69) is 24.9 Å². The van der Waals surface area contributed by atoms with Crippen LogP contribution in [-0.4, -0.2) is 41.7 Å². The van der Waals surface area contributed by atoms with Crippen LogP contribution in [0.25, 0.3) is 0 Å². The summed E-state index contributed by atoms with van der Waals surface area (Å²) >= 11 is 0. The number of aromatic nitrogens is 4. The van der Waals surface area contributed by atoms with Gasteiger partial charge < -0.3 is 4.74 Å². The Labute approximate surface area is 121 Å². The van der Waals surface area contributed by atoms with Crippen LogP contribution >= 0.6 is 0 Å². The van der Waals surface area contributed by atoms with E-state index in [1.54, 1.807) is 0 Å². The van der Waals surface area contributed by atoms with Crippen LogP contribution in [0.5, 0.6) is 0 Å². The topological polar surface area (TPSA) is 116 Å². The van der Waals surface area contributed by atoms with Crippen molar-refractivity contribution in [1.82, 2.24) is 20.2 Å². The first kappa shape index (κ1) is 14.9. The number of esters is 1. The molecule has 9 nitrogen and oxygen atoms in total. The molecule has 1 aromatic carbocycles. The highest BCUT2D eigenvalue weighted by atomic mass is 32.2. The zero-order valence-electron chi connectivity index (χ0n) is 11.3. The second-order valence-electron chi connectivity index (χ2n) is 4.10. The van der Waals surface area contributed by atoms with E-state index in [1.807, 2.05) is 0 Å². The summed E-state index contributed by atoms with van der Waals surface area (Å²) in [6.45, 7) is 0. The SMILES string of the molecule is COC(=O)Cc1ccc(S(=O)(=O)Nc2nnn(C)n2)cc1. The molecule has 0 saturated carbocycles. The highest BCUT2D eigenvalue weighted by Crippen LogP contribution is 2.14. The summed E-state index contributed by atoms with van der Waals surface area (Å²) < 4.78 is 30.9. The summed E-state index contributed by atoms with van der Waals surface area (Å²) in [7, 11) is -0.984. The number of rotatable bonds is 5. The van der Waals surface area contributed by atoms with Crippen LogP contribution < -0.4 is 4.72 Å². The number of aryl methyl sites for hydroxylation is 1. The third kappa shape index (κ3) is 3.75. The van der Waals surface area contributed by atoms with Gasteiger partial charge in [0.25, 0.3) is 16.0 Å². The standard InChI is InChI=1S/C11H13N5O4S/c1-16-13-11(12-15-16)14-21(18,19)9-5-3-8(4-6-9)7-10(17)20-2/h3-6H,7H2,1-2H3,(H,13,14). The monoisotopic (exact) mass is 311 g/mol. The number of hydrogen-bond acceptors (Lipinski definition) is 7. The fourth-order valence-electron chi connectivity index (χ4n) is 1.53. The van der Waals surface area contributed by atoms with Gasteiger partial charge in [0.15, 0.2) is 0 Å². The van der Waals surface area contributed by atoms with Crippen molar-refractivity contribution in [3.63, 3.8) is 0 Å². The molecule has 2 aromatic rings. The molecule has 0 aliphatic heterocycles. The van der Waals surface area contributed by atoms with E-state index >= 15 is 0 Å². The van der Waals surface area contributed by atoms with Crippen molar-refractivity contribution < 1.29 is 17.9 Å². The number of benzene rings is 1. The number of hydrogen-bond donors (Lipinski definition) is 1. The van der Waals surface area contributed by atoms with Crippen molar-refractivity contribution in [3.8, 4) is 0 Å². The first-order valence-electron chi connectivity index (χ1n) is 5.83. The molecule has 0 atom stereocenters. The van der Waals surface area contributed by atoms with Crippen molar-refractivity contribution >= 4 is 21.9 Å². The fourth-order valence-corrected chi connectivity index (χ4v) is 2.46. The number of nitrogens with zero attached hydrogens (tertiary/aromatic N) is 4. The van der Waals surface area contributed by atoms with E-state index in [9.17, 15) is 13.2 Å². The van der Waals surface area contributed by atoms with Gasteiger partial charge in [-0.1, -0.05) is 17.2 Å². The van der Waals surface area contributed by atoms with Crippen LogP contribution in [0.15, 0.2) is 29.2 Å². The summed E-state index contributed by atoms with van der Waals surface area (Å²) in [5.41, 5.74) is 0.651. The molecular weight excluding hydrogens is 298 g/mol. The number of sulfonamides is 1. The fraction of sp³-hybridized carbons (Fsp3) is 0.273. The molecule has 0 bridgehead atoms. The molecular formula is C11H13N5O4S. The third-order valence-electron chi connectivity index (χ3n) is 2.54. The molecule has 0 aliphatic rings. The lowest BCUT2D eigenvalue weighted by Gasteiger charge is -2.05. The first-order valence-corrected chi connectivity index (χ1v) is 7.31. The Hall–Kier alpha value is -2.49. The van der Waals surface area contributed by atoms with Crippen LogP contribution in [0.4, 0.5) is 5.95 Å². The maximum Gasteiger partial charge on any atom is 0.309 e. The number of methoxy groups -OCH3 is 1. The number of tetrazole rings is 1. The van der Waals surface area contributed by atoms with Gasteiger partial charge in [0.1, 0.15) is 0 Å². The minimum atomic E-state index is -3.80. The van der Waals surface area contributed by atoms with Gasteiger partial charge >= 0.3 is 5.97 Å². The smallest absolute Gasteiger partial charge is 0.309 e. The van der Waals surface area contributed by atoms with Gasteiger partial charge in [-0.25, -0.2) is 13.1 Å². The van der Waals surface area contributed by atoms with E-state index in [1.165, 1.54) is 38.4 Å². The van der Waals surface area contributed by atoms with Crippen LogP contribution in [0.1, 0.15) is 5.56 Å². The Balaban J connectivity index is 2.15. The molecule has 0 amide bonds. The number of anilines is 1. The lowest BCUT2D eigenvalue weighted by Crippen LogP contribution is -2.14. The van der Waals surface area contributed by atoms with Gasteiger partial charge in [0, 0.05) is 0 Å². The highest BCUT2D eigenvalue weighted by Gasteiger charge is 2.17. The van der Waals surface area contributed by atoms with Crippen LogP contribution in [0, 0.1) is 0 Å². The maximum atomic E-state index is 12.1. The molecule has 1 N–H and O–H groups in total. The molecule has 1 aromatic heterocycles. The molecule has 1 heterocycles. The second-order valence-corrected chi connectivity index (χ2v) is 5.79. The van der Waals surface area contributed by atoms with E-state index in [4.69, 9.17) is 0 Å². The van der Waals surface area contributed by atoms with Crippen molar-refractivity contribution in [1.29, 1.82) is 0 Å². The van der Waals surface area contributed by atoms with Crippen LogP contribution in [0.3, 0.4) is 0 Å². The lowest BCUT2D eigenvalue weighted by atomic mass is 10.2. The quantitative estimate of drug-likeness (QED) is 0.755. The molecule has 0 spiro atoms. The van der Waals surface area contributed by atoms with Gasteiger partial charge in [-0.15, -0.1) is 5.10 Å². The Bertz CT molecular complexity index is 738. The van der Waals surface area contributed by atoms with Gasteiger partial charge in [0.2, 0.25) is 0 Å². The Morgan fingerprint density at radius 2 is 2.00 bits per heavy atom. The lowest BCUT2D eigenvalue weighted by molar-refractivity contribution is -0.139. The Morgan fingerprint density at radius 1 is 1.33 bits per heavy atom. The molecule has 0 unspecified atom stereocenters. The molecule has 21 heavy (non-hydrogen) atoms. The Kier molecular flexibility index (Phi) is 4.17. The minimum absolute atomic E-state index is 0.0311. The summed E-state index contributed by atoms with van der Waals surface area (Å²) in [6, 6.07) is 5.85. The maximum absolute atomic E-state index is 12.1. The van der Waals surface area contributed by atoms with Crippen LogP contribution in [-0.2, 0) is 33.0 Å². The first-order chi connectivity index (χ1) is 9.90. The average Bonchev–Trinajstić information content (AvgIpc) is 2.83. The largest absolute Gasteiger partial charge is 0.469 e. The van der Waals surface area contributed by atoms with Gasteiger partial charge in [-0.2, -0.15) is 4.80 Å². The summed E-state index contributed by atoms with van der Waals surface area (Å²) in [4.78, 5) is 12.3. The van der Waals surface area contributed by atoms with Crippen molar-refractivity contribution in [2.75, 3.05) is 11.8 Å². The van der Waals surface area contributed by atoms with Gasteiger partial charge in [-0.05, 0) is 22.9 Å². The van der Waals surface area contributed by atoms with Gasteiger partial charge in [-0.3, -0.25) is 4.79 Å². The third-order valence-corrected chi connectivity index (χ3v) is 3.89. The van der Waals surface area contributed by atoms with E-state index < -0.39 is 16.0 Å². The number of nitrogens with one attached hydrogen (secondary N) is 1. The van der Waals surface area contributed by atoms with Crippen molar-refractivity contribution in [2.24, 2.45) is 7.05 Å².